The van der Waals surface area contributed by atoms with Crippen LogP contribution in [0.5, 0.6) is 11.5 Å². The van der Waals surface area contributed by atoms with Crippen LogP contribution in [-0.2, 0) is 4.79 Å². The average Bonchev–Trinajstić information content (AvgIpc) is 2.77. The van der Waals surface area contributed by atoms with E-state index in [0.29, 0.717) is 27.9 Å². The molecule has 0 aliphatic carbocycles. The molecule has 0 saturated carbocycles. The summed E-state index contributed by atoms with van der Waals surface area (Å²) in [6, 6.07) is 11.1. The van der Waals surface area contributed by atoms with Crippen LogP contribution in [0.25, 0.3) is 0 Å². The normalized spacial score (nSPS) is 13.6. The van der Waals surface area contributed by atoms with Crippen LogP contribution in [0.4, 0.5) is 5.69 Å². The van der Waals surface area contributed by atoms with E-state index in [1.165, 1.54) is 0 Å². The number of nitrogens with zero attached hydrogens (tertiary/aromatic N) is 2. The average molecular weight is 369 g/mol. The van der Waals surface area contributed by atoms with Gasteiger partial charge >= 0.3 is 0 Å². The Hall–Kier alpha value is -2.93. The minimum atomic E-state index is -0.112. The summed E-state index contributed by atoms with van der Waals surface area (Å²) in [7, 11) is 4.85. The third-order valence-electron chi connectivity index (χ3n) is 4.29. The topological polar surface area (TPSA) is 77.2 Å². The second-order valence-electron chi connectivity index (χ2n) is 5.79. The van der Waals surface area contributed by atoms with Gasteiger partial charge in [0.25, 0.3) is 0 Å². The van der Waals surface area contributed by atoms with Crippen molar-refractivity contribution in [2.75, 3.05) is 32.7 Å². The minimum Gasteiger partial charge on any atom is -0.493 e. The van der Waals surface area contributed by atoms with Crippen molar-refractivity contribution >= 4 is 34.5 Å². The summed E-state index contributed by atoms with van der Waals surface area (Å²) in [6.07, 6.45) is 0. The molecule has 1 aliphatic heterocycles. The number of hydrogen-bond donors (Lipinski definition) is 1. The number of methoxy groups -OCH3 is 2. The van der Waals surface area contributed by atoms with Crippen LogP contribution in [0.2, 0.25) is 0 Å². The molecule has 1 amide bonds. The van der Waals surface area contributed by atoms with E-state index < -0.39 is 0 Å². The Morgan fingerprint density at radius 2 is 1.88 bits per heavy atom. The van der Waals surface area contributed by atoms with Crippen LogP contribution in [0.1, 0.15) is 16.7 Å². The molecular formula is C19H19N3O3S. The summed E-state index contributed by atoms with van der Waals surface area (Å²) < 4.78 is 10.8. The third kappa shape index (κ3) is 3.13. The maximum Gasteiger partial charge on any atom is 0.248 e. The molecule has 0 spiro atoms. The van der Waals surface area contributed by atoms with E-state index in [1.54, 1.807) is 32.2 Å². The van der Waals surface area contributed by atoms with Crippen molar-refractivity contribution in [3.63, 3.8) is 0 Å². The fourth-order valence-corrected chi connectivity index (χ4v) is 3.00. The predicted molar refractivity (Wildman–Crippen MR) is 106 cm³/mol. The van der Waals surface area contributed by atoms with Crippen molar-refractivity contribution in [1.29, 1.82) is 0 Å². The largest absolute Gasteiger partial charge is 0.493 e. The molecule has 0 radical (unpaired) electrons. The molecule has 7 heteroatoms. The van der Waals surface area contributed by atoms with E-state index in [9.17, 15) is 4.79 Å². The molecule has 26 heavy (non-hydrogen) atoms. The first kappa shape index (κ1) is 17.9. The Labute approximate surface area is 157 Å². The lowest BCUT2D eigenvalue weighted by atomic mass is 9.98. The standard InChI is InChI=1S/C19H19N3O3S/c1-22-14-9-16(25-3)15(24-2)8-13(14)18(21-10-17(22)23)11-5-4-6-12(7-11)19(20)26/h4-9H,10H2,1-3H3,(H2,20,26). The summed E-state index contributed by atoms with van der Waals surface area (Å²) in [5.41, 5.74) is 9.48. The highest BCUT2D eigenvalue weighted by atomic mass is 32.1. The number of thiocarbonyl (C=S) groups is 1. The SMILES string of the molecule is COc1cc2c(cc1OC)N(C)C(=O)CN=C2c1cccc(C(N)=S)c1. The summed E-state index contributed by atoms with van der Waals surface area (Å²) >= 11 is 5.08. The number of carbonyl (C=O) groups is 1. The lowest BCUT2D eigenvalue weighted by Crippen LogP contribution is -2.27. The van der Waals surface area contributed by atoms with E-state index >= 15 is 0 Å². The molecule has 134 valence electrons. The maximum atomic E-state index is 12.4. The molecule has 3 rings (SSSR count). The van der Waals surface area contributed by atoms with E-state index in [-0.39, 0.29) is 12.5 Å². The second-order valence-corrected chi connectivity index (χ2v) is 6.23. The van der Waals surface area contributed by atoms with E-state index in [0.717, 1.165) is 16.7 Å². The number of likely N-dealkylation sites (N-methyl/N-ethyl adjacent to an activating group) is 1. The number of benzodiazepines with no additional fused rings is 1. The number of rotatable bonds is 4. The summed E-state index contributed by atoms with van der Waals surface area (Å²) in [5.74, 6) is 0.996. The van der Waals surface area contributed by atoms with Gasteiger partial charge in [-0.3, -0.25) is 9.79 Å². The second kappa shape index (κ2) is 7.13. The molecule has 0 atom stereocenters. The highest BCUT2D eigenvalue weighted by Gasteiger charge is 2.25. The molecule has 1 aliphatic rings. The van der Waals surface area contributed by atoms with Crippen LogP contribution < -0.4 is 20.1 Å². The molecule has 0 bridgehead atoms. The molecular weight excluding hydrogens is 350 g/mol. The lowest BCUT2D eigenvalue weighted by Gasteiger charge is -2.20. The fourth-order valence-electron chi connectivity index (χ4n) is 2.87. The van der Waals surface area contributed by atoms with Gasteiger partial charge in [0.15, 0.2) is 11.5 Å². The maximum absolute atomic E-state index is 12.4. The van der Waals surface area contributed by atoms with Gasteiger partial charge in [0.05, 0.1) is 25.6 Å². The summed E-state index contributed by atoms with van der Waals surface area (Å²) in [5, 5.41) is 0. The number of benzene rings is 2. The minimum absolute atomic E-state index is 0.0441. The summed E-state index contributed by atoms with van der Waals surface area (Å²) in [4.78, 5) is 18.8. The van der Waals surface area contributed by atoms with E-state index in [4.69, 9.17) is 27.4 Å². The molecule has 0 unspecified atom stereocenters. The Morgan fingerprint density at radius 3 is 2.54 bits per heavy atom. The Morgan fingerprint density at radius 1 is 1.19 bits per heavy atom. The zero-order chi connectivity index (χ0) is 18.8. The predicted octanol–water partition coefficient (Wildman–Crippen LogP) is 2.15. The Balaban J connectivity index is 2.25. The number of fused-ring (bicyclic) bond motifs is 1. The zero-order valence-electron chi connectivity index (χ0n) is 14.8. The number of ether oxygens (including phenoxy) is 2. The van der Waals surface area contributed by atoms with Gasteiger partial charge in [-0.1, -0.05) is 30.4 Å². The van der Waals surface area contributed by atoms with Crippen LogP contribution in [0.3, 0.4) is 0 Å². The molecule has 0 aromatic heterocycles. The number of anilines is 1. The van der Waals surface area contributed by atoms with Gasteiger partial charge in [-0.2, -0.15) is 0 Å². The van der Waals surface area contributed by atoms with Crippen molar-refractivity contribution in [1.82, 2.24) is 0 Å². The van der Waals surface area contributed by atoms with Gasteiger partial charge in [-0.15, -0.1) is 0 Å². The zero-order valence-corrected chi connectivity index (χ0v) is 15.6. The van der Waals surface area contributed by atoms with Crippen LogP contribution in [-0.4, -0.2) is 44.4 Å². The molecule has 0 fully saturated rings. The number of amides is 1. The molecule has 2 aromatic rings. The van der Waals surface area contributed by atoms with Crippen molar-refractivity contribution in [2.45, 2.75) is 0 Å². The lowest BCUT2D eigenvalue weighted by molar-refractivity contribution is -0.116. The quantitative estimate of drug-likeness (QED) is 0.836. The first-order valence-electron chi connectivity index (χ1n) is 7.94. The molecule has 1 heterocycles. The van der Waals surface area contributed by atoms with Crippen molar-refractivity contribution in [3.05, 3.63) is 53.1 Å². The van der Waals surface area contributed by atoms with Crippen LogP contribution in [0.15, 0.2) is 41.4 Å². The van der Waals surface area contributed by atoms with Gasteiger partial charge in [0, 0.05) is 29.8 Å². The summed E-state index contributed by atoms with van der Waals surface area (Å²) in [6.45, 7) is 0.0441. The van der Waals surface area contributed by atoms with Gasteiger partial charge in [0.2, 0.25) is 5.91 Å². The molecule has 2 N–H and O–H groups in total. The van der Waals surface area contributed by atoms with E-state index in [1.807, 2.05) is 30.3 Å². The molecule has 2 aromatic carbocycles. The number of hydrogen-bond acceptors (Lipinski definition) is 5. The van der Waals surface area contributed by atoms with Gasteiger partial charge in [-0.25, -0.2) is 0 Å². The molecule has 0 saturated heterocycles. The Bertz CT molecular complexity index is 924. The van der Waals surface area contributed by atoms with Crippen molar-refractivity contribution < 1.29 is 14.3 Å². The van der Waals surface area contributed by atoms with Crippen LogP contribution >= 0.6 is 12.2 Å². The number of aliphatic imine (C=N–C) groups is 1. The smallest absolute Gasteiger partial charge is 0.248 e. The first-order valence-corrected chi connectivity index (χ1v) is 8.34. The highest BCUT2D eigenvalue weighted by Crippen LogP contribution is 2.37. The highest BCUT2D eigenvalue weighted by molar-refractivity contribution is 7.80. The number of nitrogens with two attached hydrogens (primary N) is 1. The van der Waals surface area contributed by atoms with Crippen LogP contribution in [0, 0.1) is 0 Å². The fraction of sp³-hybridized carbons (Fsp3) is 0.211. The first-order chi connectivity index (χ1) is 12.5. The third-order valence-corrected chi connectivity index (χ3v) is 4.52. The molecule has 6 nitrogen and oxygen atoms in total. The van der Waals surface area contributed by atoms with Gasteiger partial charge < -0.3 is 20.1 Å². The van der Waals surface area contributed by atoms with E-state index in [2.05, 4.69) is 4.99 Å². The van der Waals surface area contributed by atoms with Crippen molar-refractivity contribution in [2.24, 2.45) is 10.7 Å². The van der Waals surface area contributed by atoms with Crippen molar-refractivity contribution in [3.8, 4) is 11.5 Å². The Kier molecular flexibility index (Phi) is 4.90. The number of carbonyl (C=O) groups excluding carboxylic acids is 1. The monoisotopic (exact) mass is 369 g/mol. The van der Waals surface area contributed by atoms with Gasteiger partial charge in [-0.05, 0) is 12.1 Å². The van der Waals surface area contributed by atoms with Gasteiger partial charge in [0.1, 0.15) is 11.5 Å².